The van der Waals surface area contributed by atoms with Crippen LogP contribution in [-0.4, -0.2) is 59.4 Å². The predicted octanol–water partition coefficient (Wildman–Crippen LogP) is 5.38. The number of hydrogen-bond acceptors (Lipinski definition) is 5. The van der Waals surface area contributed by atoms with Gasteiger partial charge in [0.15, 0.2) is 0 Å². The van der Waals surface area contributed by atoms with Gasteiger partial charge >= 0.3 is 0 Å². The molecular weight excluding hydrogens is 539 g/mol. The summed E-state index contributed by atoms with van der Waals surface area (Å²) in [6.07, 6.45) is 3.60. The molecule has 3 rings (SSSR count). The molecule has 1 unspecified atom stereocenters. The first-order valence-corrected chi connectivity index (χ1v) is 15.7. The highest BCUT2D eigenvalue weighted by molar-refractivity contribution is 7.93. The predicted molar refractivity (Wildman–Crippen MR) is 141 cm³/mol. The number of hydrogen-bond donors (Lipinski definition) is 0. The molecule has 1 aliphatic heterocycles. The van der Waals surface area contributed by atoms with Crippen LogP contribution in [0.1, 0.15) is 26.2 Å². The Balaban J connectivity index is 1.85. The zero-order chi connectivity index (χ0) is 25.1. The Bertz CT molecular complexity index is 1210. The van der Waals surface area contributed by atoms with Crippen molar-refractivity contribution in [3.63, 3.8) is 0 Å². The number of piperidine rings is 1. The zero-order valence-electron chi connectivity index (χ0n) is 19.1. The van der Waals surface area contributed by atoms with E-state index in [1.807, 2.05) is 6.92 Å². The maximum Gasteiger partial charge on any atom is 0.264 e. The number of anilines is 1. The van der Waals surface area contributed by atoms with Crippen LogP contribution in [0.3, 0.4) is 0 Å². The van der Waals surface area contributed by atoms with Gasteiger partial charge in [-0.2, -0.15) is 0 Å². The lowest BCUT2D eigenvalue weighted by atomic mass is 9.99. The maximum atomic E-state index is 13.7. The van der Waals surface area contributed by atoms with E-state index in [1.165, 1.54) is 34.8 Å². The highest BCUT2D eigenvalue weighted by atomic mass is 35.5. The van der Waals surface area contributed by atoms with E-state index in [2.05, 4.69) is 4.90 Å². The van der Waals surface area contributed by atoms with Crippen molar-refractivity contribution in [3.8, 4) is 0 Å². The Kier molecular flexibility index (Phi) is 9.20. The van der Waals surface area contributed by atoms with E-state index in [4.69, 9.17) is 34.8 Å². The lowest BCUT2D eigenvalue weighted by molar-refractivity contribution is 0.181. The van der Waals surface area contributed by atoms with Crippen molar-refractivity contribution in [1.82, 2.24) is 4.90 Å². The van der Waals surface area contributed by atoms with E-state index in [0.717, 1.165) is 19.4 Å². The molecule has 0 spiro atoms. The molecule has 6 nitrogen and oxygen atoms in total. The summed E-state index contributed by atoms with van der Waals surface area (Å²) in [6.45, 7) is 4.01. The third-order valence-electron chi connectivity index (χ3n) is 5.92. The van der Waals surface area contributed by atoms with Crippen LogP contribution in [0.25, 0.3) is 0 Å². The van der Waals surface area contributed by atoms with Crippen molar-refractivity contribution in [3.05, 3.63) is 57.5 Å². The quantitative estimate of drug-likeness (QED) is 0.407. The Morgan fingerprint density at radius 1 is 1.03 bits per heavy atom. The van der Waals surface area contributed by atoms with E-state index in [9.17, 15) is 16.8 Å². The molecule has 0 radical (unpaired) electrons. The summed E-state index contributed by atoms with van der Waals surface area (Å²) in [5, 5.41) is 1.09. The van der Waals surface area contributed by atoms with Crippen LogP contribution in [0.4, 0.5) is 5.69 Å². The summed E-state index contributed by atoms with van der Waals surface area (Å²) < 4.78 is 52.2. The van der Waals surface area contributed by atoms with Crippen molar-refractivity contribution >= 4 is 60.4 Å². The van der Waals surface area contributed by atoms with Crippen LogP contribution in [0.2, 0.25) is 15.1 Å². The minimum atomic E-state index is -3.96. The van der Waals surface area contributed by atoms with Crippen LogP contribution < -0.4 is 4.31 Å². The monoisotopic (exact) mass is 566 g/mol. The maximum absolute atomic E-state index is 13.7. The summed E-state index contributed by atoms with van der Waals surface area (Å²) in [4.78, 5) is 2.31. The number of likely N-dealkylation sites (tertiary alicyclic amines) is 1. The van der Waals surface area contributed by atoms with Crippen molar-refractivity contribution in [1.29, 1.82) is 0 Å². The molecule has 2 aromatic rings. The average molecular weight is 568 g/mol. The standard InChI is InChI=1S/C23H29Cl3N2O4S2/c1-17(11-13-27-12-3-4-18(15-27)16-33(2,29)30)28(23-14-20(25)7-10-22(23)26)34(31,32)21-8-5-19(24)6-9-21/h5-10,14,17-18H,3-4,11-13,15-16H2,1-2H3/t17?,18-/m1/s1. The van der Waals surface area contributed by atoms with Gasteiger partial charge in [0.05, 0.1) is 21.4 Å². The molecule has 0 aliphatic carbocycles. The van der Waals surface area contributed by atoms with Gasteiger partial charge in [-0.05, 0) is 81.1 Å². The van der Waals surface area contributed by atoms with Crippen molar-refractivity contribution in [2.45, 2.75) is 37.1 Å². The van der Waals surface area contributed by atoms with Crippen LogP contribution in [0.15, 0.2) is 47.4 Å². The first-order valence-electron chi connectivity index (χ1n) is 11.0. The molecule has 2 aromatic carbocycles. The van der Waals surface area contributed by atoms with Crippen molar-refractivity contribution < 1.29 is 16.8 Å². The minimum absolute atomic E-state index is 0.0929. The Labute approximate surface area is 217 Å². The van der Waals surface area contributed by atoms with Crippen LogP contribution in [-0.2, 0) is 19.9 Å². The largest absolute Gasteiger partial charge is 0.303 e. The number of nitrogens with zero attached hydrogens (tertiary/aromatic N) is 2. The zero-order valence-corrected chi connectivity index (χ0v) is 23.0. The average Bonchev–Trinajstić information content (AvgIpc) is 2.74. The second-order valence-corrected chi connectivity index (χ2v) is 14.2. The molecule has 188 valence electrons. The molecule has 2 atom stereocenters. The molecule has 0 bridgehead atoms. The third kappa shape index (κ3) is 7.24. The third-order valence-corrected chi connectivity index (χ3v) is 9.75. The van der Waals surface area contributed by atoms with Gasteiger partial charge in [0.2, 0.25) is 0 Å². The van der Waals surface area contributed by atoms with E-state index in [-0.39, 0.29) is 21.6 Å². The summed E-state index contributed by atoms with van der Waals surface area (Å²) in [6, 6.07) is 10.3. The topological polar surface area (TPSA) is 74.8 Å². The van der Waals surface area contributed by atoms with Gasteiger partial charge in [-0.25, -0.2) is 16.8 Å². The lowest BCUT2D eigenvalue weighted by Gasteiger charge is -2.35. The van der Waals surface area contributed by atoms with Crippen LogP contribution in [0, 0.1) is 5.92 Å². The van der Waals surface area contributed by atoms with Crippen LogP contribution >= 0.6 is 34.8 Å². The highest BCUT2D eigenvalue weighted by Crippen LogP contribution is 2.35. The molecular formula is C23H29Cl3N2O4S2. The fourth-order valence-electron chi connectivity index (χ4n) is 4.38. The van der Waals surface area contributed by atoms with Gasteiger partial charge in [0.25, 0.3) is 10.0 Å². The lowest BCUT2D eigenvalue weighted by Crippen LogP contribution is -2.43. The SMILES string of the molecule is CC(CCN1CCC[C@@H](CS(C)(=O)=O)C1)N(c1cc(Cl)ccc1Cl)S(=O)(=O)c1ccc(Cl)cc1. The Hall–Kier alpha value is -1.03. The molecule has 11 heteroatoms. The first-order chi connectivity index (χ1) is 15.9. The van der Waals surface area contributed by atoms with Crippen molar-refractivity contribution in [2.24, 2.45) is 5.92 Å². The Morgan fingerprint density at radius 2 is 1.68 bits per heavy atom. The van der Waals surface area contributed by atoms with E-state index < -0.39 is 25.9 Å². The Morgan fingerprint density at radius 3 is 2.32 bits per heavy atom. The summed E-state index contributed by atoms with van der Waals surface area (Å²) in [5.74, 6) is 0.268. The number of rotatable bonds is 9. The number of sulfone groups is 1. The first kappa shape index (κ1) is 27.6. The molecule has 0 saturated carbocycles. The highest BCUT2D eigenvalue weighted by Gasteiger charge is 2.32. The van der Waals surface area contributed by atoms with Gasteiger partial charge in [-0.15, -0.1) is 0 Å². The molecule has 0 N–H and O–H groups in total. The van der Waals surface area contributed by atoms with E-state index in [1.54, 1.807) is 18.2 Å². The van der Waals surface area contributed by atoms with E-state index >= 15 is 0 Å². The van der Waals surface area contributed by atoms with Gasteiger partial charge in [0, 0.05) is 35.4 Å². The van der Waals surface area contributed by atoms with Crippen molar-refractivity contribution in [2.75, 3.05) is 35.9 Å². The molecule has 1 aliphatic rings. The molecule has 0 aromatic heterocycles. The normalized spacial score (nSPS) is 18.6. The number of benzene rings is 2. The number of sulfonamides is 1. The fourth-order valence-corrected chi connectivity index (χ4v) is 7.76. The summed E-state index contributed by atoms with van der Waals surface area (Å²) >= 11 is 18.6. The van der Waals surface area contributed by atoms with Gasteiger partial charge in [-0.3, -0.25) is 4.31 Å². The summed E-state index contributed by atoms with van der Waals surface area (Å²) in [7, 11) is -7.00. The second kappa shape index (κ2) is 11.4. The minimum Gasteiger partial charge on any atom is -0.303 e. The van der Waals surface area contributed by atoms with Gasteiger partial charge in [-0.1, -0.05) is 34.8 Å². The summed E-state index contributed by atoms with van der Waals surface area (Å²) in [5.41, 5.74) is 0.310. The smallest absolute Gasteiger partial charge is 0.264 e. The molecule has 1 saturated heterocycles. The fraction of sp³-hybridized carbons (Fsp3) is 0.478. The second-order valence-electron chi connectivity index (χ2n) is 8.89. The van der Waals surface area contributed by atoms with Gasteiger partial charge in [0.1, 0.15) is 9.84 Å². The van der Waals surface area contributed by atoms with E-state index in [0.29, 0.717) is 35.2 Å². The van der Waals surface area contributed by atoms with Gasteiger partial charge < -0.3 is 4.90 Å². The van der Waals surface area contributed by atoms with Crippen LogP contribution in [0.5, 0.6) is 0 Å². The molecule has 1 fully saturated rings. The molecule has 34 heavy (non-hydrogen) atoms. The number of halogens is 3. The molecule has 1 heterocycles. The molecule has 0 amide bonds.